The van der Waals surface area contributed by atoms with Crippen molar-refractivity contribution in [3.63, 3.8) is 0 Å². The zero-order valence-electron chi connectivity index (χ0n) is 20.8. The molecule has 0 radical (unpaired) electrons. The van der Waals surface area contributed by atoms with Crippen LogP contribution in [0.1, 0.15) is 18.1 Å². The van der Waals surface area contributed by atoms with E-state index in [2.05, 4.69) is 0 Å². The molecule has 1 atom stereocenters. The third kappa shape index (κ3) is 8.84. The molecule has 36 heavy (non-hydrogen) atoms. The van der Waals surface area contributed by atoms with Crippen molar-refractivity contribution in [2.45, 2.75) is 6.92 Å². The molecular weight excluding hydrogens is 462 g/mol. The van der Waals surface area contributed by atoms with E-state index >= 15 is 0 Å². The van der Waals surface area contributed by atoms with Gasteiger partial charge in [-0.2, -0.15) is 0 Å². The number of methoxy groups -OCH3 is 1. The van der Waals surface area contributed by atoms with E-state index in [1.54, 1.807) is 55.5 Å². The summed E-state index contributed by atoms with van der Waals surface area (Å²) < 4.78 is 22.1. The number of allylic oxidation sites excluding steroid dienone is 2. The predicted molar refractivity (Wildman–Crippen MR) is 140 cm³/mol. The highest BCUT2D eigenvalue weighted by Crippen LogP contribution is 2.30. The summed E-state index contributed by atoms with van der Waals surface area (Å²) in [6, 6.07) is 10.5. The van der Waals surface area contributed by atoms with E-state index in [-0.39, 0.29) is 11.6 Å². The van der Waals surface area contributed by atoms with E-state index in [1.807, 2.05) is 0 Å². The van der Waals surface area contributed by atoms with Crippen LogP contribution in [-0.2, 0) is 9.59 Å². The number of benzene rings is 2. The number of ether oxygens (including phenoxy) is 4. The second-order valence-corrected chi connectivity index (χ2v) is 7.72. The maximum atomic E-state index is 12.6. The smallest absolute Gasteiger partial charge is 0.166 e. The summed E-state index contributed by atoms with van der Waals surface area (Å²) in [6.45, 7) is 3.71. The Hall–Kier alpha value is -3.66. The molecule has 0 aliphatic carbocycles. The summed E-state index contributed by atoms with van der Waals surface area (Å²) in [7, 11) is 1.53. The summed E-state index contributed by atoms with van der Waals surface area (Å²) in [5.41, 5.74) is 17.9. The van der Waals surface area contributed by atoms with E-state index in [0.717, 1.165) is 11.1 Å². The molecule has 0 saturated heterocycles. The maximum Gasteiger partial charge on any atom is 0.166 e. The van der Waals surface area contributed by atoms with Crippen LogP contribution >= 0.6 is 0 Å². The van der Waals surface area contributed by atoms with E-state index in [9.17, 15) is 9.59 Å². The Morgan fingerprint density at radius 1 is 0.722 bits per heavy atom. The Balaban J connectivity index is 2.05. The molecule has 0 heterocycles. The molecule has 0 bridgehead atoms. The number of rotatable bonds is 16. The average Bonchev–Trinajstić information content (AvgIpc) is 2.91. The maximum absolute atomic E-state index is 12.6. The van der Waals surface area contributed by atoms with Crippen LogP contribution in [0.3, 0.4) is 0 Å². The van der Waals surface area contributed by atoms with Gasteiger partial charge in [0.1, 0.15) is 19.8 Å². The van der Waals surface area contributed by atoms with Gasteiger partial charge in [-0.05, 0) is 54.5 Å². The summed E-state index contributed by atoms with van der Waals surface area (Å²) in [5, 5.41) is 0. The number of nitrogens with two attached hydrogens (primary N) is 3. The molecule has 0 aromatic heterocycles. The lowest BCUT2D eigenvalue weighted by atomic mass is 9.99. The minimum Gasteiger partial charge on any atom is -0.493 e. The third-order valence-corrected chi connectivity index (χ3v) is 5.02. The van der Waals surface area contributed by atoms with Gasteiger partial charge in [0, 0.05) is 19.6 Å². The van der Waals surface area contributed by atoms with Crippen LogP contribution in [0.25, 0.3) is 12.2 Å². The highest BCUT2D eigenvalue weighted by Gasteiger charge is 2.17. The van der Waals surface area contributed by atoms with Gasteiger partial charge in [0.25, 0.3) is 0 Å². The number of carbonyl (C=O) groups excluding carboxylic acids is 2. The lowest BCUT2D eigenvalue weighted by molar-refractivity contribution is -0.126. The molecule has 1 unspecified atom stereocenters. The van der Waals surface area contributed by atoms with Crippen molar-refractivity contribution in [2.75, 3.05) is 46.6 Å². The molecule has 0 aliphatic heterocycles. The number of hydrogen-bond acceptors (Lipinski definition) is 9. The van der Waals surface area contributed by atoms with Gasteiger partial charge in [0.15, 0.2) is 34.6 Å². The van der Waals surface area contributed by atoms with Gasteiger partial charge in [0.2, 0.25) is 0 Å². The quantitative estimate of drug-likeness (QED) is 0.234. The normalized spacial score (nSPS) is 12.0. The Kier molecular flexibility index (Phi) is 12.2. The first kappa shape index (κ1) is 28.6. The first-order valence-corrected chi connectivity index (χ1v) is 11.7. The molecule has 0 amide bonds. The highest BCUT2D eigenvalue weighted by atomic mass is 16.5. The van der Waals surface area contributed by atoms with Crippen LogP contribution in [0.5, 0.6) is 23.0 Å². The van der Waals surface area contributed by atoms with Crippen LogP contribution in [0.15, 0.2) is 48.6 Å². The second kappa shape index (κ2) is 15.4. The topological polar surface area (TPSA) is 149 Å². The van der Waals surface area contributed by atoms with Gasteiger partial charge < -0.3 is 36.1 Å². The Bertz CT molecular complexity index is 1070. The van der Waals surface area contributed by atoms with Crippen LogP contribution in [-0.4, -0.2) is 58.1 Å². The lowest BCUT2D eigenvalue weighted by Crippen LogP contribution is -2.17. The number of hydrogen-bond donors (Lipinski definition) is 3. The van der Waals surface area contributed by atoms with Crippen molar-refractivity contribution < 1.29 is 28.5 Å². The van der Waals surface area contributed by atoms with Crippen LogP contribution in [0, 0.1) is 5.92 Å². The van der Waals surface area contributed by atoms with Gasteiger partial charge >= 0.3 is 0 Å². The molecule has 0 fully saturated rings. The van der Waals surface area contributed by atoms with E-state index in [4.69, 9.17) is 36.1 Å². The Labute approximate surface area is 211 Å². The monoisotopic (exact) mass is 497 g/mol. The summed E-state index contributed by atoms with van der Waals surface area (Å²) >= 11 is 0. The molecule has 9 heteroatoms. The van der Waals surface area contributed by atoms with Gasteiger partial charge in [-0.3, -0.25) is 9.59 Å². The average molecular weight is 498 g/mol. The zero-order chi connectivity index (χ0) is 26.3. The van der Waals surface area contributed by atoms with Crippen LogP contribution < -0.4 is 36.1 Å². The number of carbonyl (C=O) groups is 2. The SMILES string of the molecule is COc1cc(/C=C/C(=O)C(C)C(=O)/C=C/c2ccc(OCCN)c(OCCN)c2)ccc1OCCN. The molecule has 0 aliphatic rings. The fourth-order valence-corrected chi connectivity index (χ4v) is 3.06. The predicted octanol–water partition coefficient (Wildman–Crippen LogP) is 2.21. The largest absolute Gasteiger partial charge is 0.493 e. The highest BCUT2D eigenvalue weighted by molar-refractivity contribution is 6.13. The minimum absolute atomic E-state index is 0.315. The molecule has 9 nitrogen and oxygen atoms in total. The van der Waals surface area contributed by atoms with Crippen molar-refractivity contribution in [1.29, 1.82) is 0 Å². The Morgan fingerprint density at radius 2 is 1.14 bits per heavy atom. The minimum atomic E-state index is -0.841. The van der Waals surface area contributed by atoms with E-state index < -0.39 is 5.92 Å². The molecule has 2 rings (SSSR count). The van der Waals surface area contributed by atoms with E-state index in [1.165, 1.54) is 19.3 Å². The molecule has 0 saturated carbocycles. The van der Waals surface area contributed by atoms with E-state index in [0.29, 0.717) is 62.5 Å². The zero-order valence-corrected chi connectivity index (χ0v) is 20.8. The number of ketones is 2. The fourth-order valence-electron chi connectivity index (χ4n) is 3.06. The van der Waals surface area contributed by atoms with Crippen molar-refractivity contribution in [3.8, 4) is 23.0 Å². The first-order valence-electron chi connectivity index (χ1n) is 11.7. The molecular formula is C27H35N3O6. The fraction of sp³-hybridized carbons (Fsp3) is 0.333. The van der Waals surface area contributed by atoms with Crippen molar-refractivity contribution in [1.82, 2.24) is 0 Å². The van der Waals surface area contributed by atoms with Crippen molar-refractivity contribution in [3.05, 3.63) is 59.7 Å². The summed E-state index contributed by atoms with van der Waals surface area (Å²) in [4.78, 5) is 25.2. The second-order valence-electron chi connectivity index (χ2n) is 7.72. The van der Waals surface area contributed by atoms with Crippen LogP contribution in [0.4, 0.5) is 0 Å². The van der Waals surface area contributed by atoms with Gasteiger partial charge in [-0.1, -0.05) is 24.3 Å². The lowest BCUT2D eigenvalue weighted by Gasteiger charge is -2.12. The van der Waals surface area contributed by atoms with Crippen molar-refractivity contribution >= 4 is 23.7 Å². The molecule has 194 valence electrons. The summed E-state index contributed by atoms with van der Waals surface area (Å²) in [5.74, 6) is 0.666. The van der Waals surface area contributed by atoms with Crippen molar-refractivity contribution in [2.24, 2.45) is 23.1 Å². The molecule has 2 aromatic rings. The third-order valence-electron chi connectivity index (χ3n) is 5.02. The Morgan fingerprint density at radius 3 is 1.58 bits per heavy atom. The standard InChI is InChI=1S/C27H35N3O6/c1-19(22(31)7-3-20-5-9-24(34-14-11-28)26(17-20)33-2)23(32)8-4-21-6-10-25(35-15-12-29)27(18-21)36-16-13-30/h3-10,17-19H,11-16,28-30H2,1-2H3/b7-3+,8-4+. The van der Waals surface area contributed by atoms with Gasteiger partial charge in [-0.15, -0.1) is 0 Å². The van der Waals surface area contributed by atoms with Crippen LogP contribution in [0.2, 0.25) is 0 Å². The first-order chi connectivity index (χ1) is 17.4. The summed E-state index contributed by atoms with van der Waals surface area (Å²) in [6.07, 6.45) is 6.02. The molecule has 2 aromatic carbocycles. The van der Waals surface area contributed by atoms with Gasteiger partial charge in [0.05, 0.1) is 13.0 Å². The molecule has 0 spiro atoms. The molecule has 6 N–H and O–H groups in total. The van der Waals surface area contributed by atoms with Gasteiger partial charge in [-0.25, -0.2) is 0 Å².